The Morgan fingerprint density at radius 1 is 0.889 bits per heavy atom. The normalized spacial score (nSPS) is 9.22. The van der Waals surface area contributed by atoms with Crippen LogP contribution in [0.2, 0.25) is 0 Å². The molecule has 0 bridgehead atoms. The molecule has 0 saturated carbocycles. The molecule has 0 atom stereocenters. The van der Waals surface area contributed by atoms with E-state index in [0.29, 0.717) is 28.3 Å². The monoisotopic (exact) mass is 235 g/mol. The smallest absolute Gasteiger partial charge is 0.150 e. The molecule has 0 amide bonds. The Balaban J connectivity index is 2.24. The number of nitrogen functional groups attached to an aromatic ring is 1. The van der Waals surface area contributed by atoms with Gasteiger partial charge >= 0.3 is 0 Å². The zero-order valence-corrected chi connectivity index (χ0v) is 9.42. The first kappa shape index (κ1) is 11.5. The lowest BCUT2D eigenvalue weighted by Crippen LogP contribution is -1.93. The van der Waals surface area contributed by atoms with Gasteiger partial charge in [0.05, 0.1) is 29.0 Å². The van der Waals surface area contributed by atoms with E-state index in [1.807, 2.05) is 12.1 Å². The average molecular weight is 235 g/mol. The van der Waals surface area contributed by atoms with Crippen LogP contribution >= 0.6 is 0 Å². The van der Waals surface area contributed by atoms with E-state index in [4.69, 9.17) is 21.0 Å². The van der Waals surface area contributed by atoms with Gasteiger partial charge in [0.25, 0.3) is 0 Å². The number of nitriles is 2. The fraction of sp³-hybridized carbons (Fsp3) is 0. The fourth-order valence-corrected chi connectivity index (χ4v) is 1.44. The molecule has 2 aromatic carbocycles. The highest BCUT2D eigenvalue weighted by atomic mass is 16.5. The highest BCUT2D eigenvalue weighted by molar-refractivity contribution is 5.57. The summed E-state index contributed by atoms with van der Waals surface area (Å²) in [6.07, 6.45) is 0. The number of ether oxygens (including phenoxy) is 1. The lowest BCUT2D eigenvalue weighted by molar-refractivity contribution is 0.485. The molecular formula is C14H9N3O. The van der Waals surface area contributed by atoms with Crippen molar-refractivity contribution in [2.45, 2.75) is 0 Å². The molecule has 0 fully saturated rings. The molecule has 2 rings (SSSR count). The second-order valence-corrected chi connectivity index (χ2v) is 3.60. The van der Waals surface area contributed by atoms with Crippen molar-refractivity contribution in [1.29, 1.82) is 10.5 Å². The molecule has 0 heterocycles. The van der Waals surface area contributed by atoms with Gasteiger partial charge in [-0.25, -0.2) is 0 Å². The first-order valence-electron chi connectivity index (χ1n) is 5.20. The minimum atomic E-state index is 0.401. The number of rotatable bonds is 2. The number of nitrogens with zero attached hydrogens (tertiary/aromatic N) is 2. The quantitative estimate of drug-likeness (QED) is 0.811. The molecule has 0 spiro atoms. The van der Waals surface area contributed by atoms with Gasteiger partial charge in [-0.1, -0.05) is 0 Å². The zero-order valence-electron chi connectivity index (χ0n) is 9.42. The maximum absolute atomic E-state index is 8.72. The summed E-state index contributed by atoms with van der Waals surface area (Å²) in [5.41, 5.74) is 7.22. The van der Waals surface area contributed by atoms with Gasteiger partial charge in [-0.05, 0) is 42.5 Å². The Morgan fingerprint density at radius 3 is 2.06 bits per heavy atom. The number of hydrogen-bond donors (Lipinski definition) is 1. The SMILES string of the molecule is N#Cc1ccc(Oc2ccc(C#N)cc2N)cc1. The van der Waals surface area contributed by atoms with Crippen molar-refractivity contribution in [2.24, 2.45) is 0 Å². The minimum absolute atomic E-state index is 0.401. The van der Waals surface area contributed by atoms with Crippen LogP contribution in [-0.2, 0) is 0 Å². The van der Waals surface area contributed by atoms with Gasteiger partial charge in [0.15, 0.2) is 0 Å². The topological polar surface area (TPSA) is 82.8 Å². The van der Waals surface area contributed by atoms with Crippen molar-refractivity contribution in [1.82, 2.24) is 0 Å². The predicted octanol–water partition coefficient (Wildman–Crippen LogP) is 2.80. The van der Waals surface area contributed by atoms with Gasteiger partial charge in [0.1, 0.15) is 11.5 Å². The van der Waals surface area contributed by atoms with Crippen LogP contribution in [0.25, 0.3) is 0 Å². The molecule has 4 nitrogen and oxygen atoms in total. The van der Waals surface area contributed by atoms with Crippen molar-refractivity contribution in [3.05, 3.63) is 53.6 Å². The minimum Gasteiger partial charge on any atom is -0.455 e. The van der Waals surface area contributed by atoms with Crippen LogP contribution < -0.4 is 10.5 Å². The number of anilines is 1. The van der Waals surface area contributed by atoms with Gasteiger partial charge < -0.3 is 10.5 Å². The molecule has 0 aliphatic rings. The van der Waals surface area contributed by atoms with E-state index in [0.717, 1.165) is 0 Å². The molecule has 0 radical (unpaired) electrons. The van der Waals surface area contributed by atoms with E-state index in [1.54, 1.807) is 42.5 Å². The van der Waals surface area contributed by atoms with Crippen LogP contribution in [0.3, 0.4) is 0 Å². The third-order valence-corrected chi connectivity index (χ3v) is 2.35. The summed E-state index contributed by atoms with van der Waals surface area (Å²) in [5, 5.41) is 17.4. The molecule has 2 aromatic rings. The summed E-state index contributed by atoms with van der Waals surface area (Å²) in [7, 11) is 0. The number of hydrogen-bond acceptors (Lipinski definition) is 4. The van der Waals surface area contributed by atoms with Gasteiger partial charge in [-0.3, -0.25) is 0 Å². The Morgan fingerprint density at radius 2 is 1.50 bits per heavy atom. The lowest BCUT2D eigenvalue weighted by Gasteiger charge is -2.08. The van der Waals surface area contributed by atoms with Gasteiger partial charge in [0.2, 0.25) is 0 Å². The highest BCUT2D eigenvalue weighted by Gasteiger charge is 2.03. The summed E-state index contributed by atoms with van der Waals surface area (Å²) in [6.45, 7) is 0. The van der Waals surface area contributed by atoms with Crippen molar-refractivity contribution >= 4 is 5.69 Å². The summed E-state index contributed by atoms with van der Waals surface area (Å²) in [5.74, 6) is 1.07. The predicted molar refractivity (Wildman–Crippen MR) is 66.8 cm³/mol. The molecule has 0 saturated heterocycles. The third kappa shape index (κ3) is 2.40. The maximum Gasteiger partial charge on any atom is 0.150 e. The van der Waals surface area contributed by atoms with Crippen LogP contribution in [-0.4, -0.2) is 0 Å². The van der Waals surface area contributed by atoms with Gasteiger partial charge in [-0.2, -0.15) is 10.5 Å². The molecule has 0 aliphatic carbocycles. The van der Waals surface area contributed by atoms with Crippen LogP contribution in [0.5, 0.6) is 11.5 Å². The van der Waals surface area contributed by atoms with E-state index in [2.05, 4.69) is 0 Å². The molecule has 86 valence electrons. The Labute approximate surface area is 104 Å². The Hall–Kier alpha value is -2.98. The second-order valence-electron chi connectivity index (χ2n) is 3.60. The molecule has 0 aliphatic heterocycles. The van der Waals surface area contributed by atoms with Crippen LogP contribution in [0, 0.1) is 22.7 Å². The van der Waals surface area contributed by atoms with Crippen LogP contribution in [0.4, 0.5) is 5.69 Å². The van der Waals surface area contributed by atoms with Crippen molar-refractivity contribution in [3.63, 3.8) is 0 Å². The lowest BCUT2D eigenvalue weighted by atomic mass is 10.2. The average Bonchev–Trinajstić information content (AvgIpc) is 2.42. The standard InChI is InChI=1S/C14H9N3O/c15-8-10-1-4-12(5-2-10)18-14-6-3-11(9-16)7-13(14)17/h1-7H,17H2. The van der Waals surface area contributed by atoms with Crippen molar-refractivity contribution in [3.8, 4) is 23.6 Å². The van der Waals surface area contributed by atoms with Gasteiger partial charge in [-0.15, -0.1) is 0 Å². The van der Waals surface area contributed by atoms with Gasteiger partial charge in [0, 0.05) is 0 Å². The molecule has 18 heavy (non-hydrogen) atoms. The van der Waals surface area contributed by atoms with E-state index >= 15 is 0 Å². The largest absolute Gasteiger partial charge is 0.455 e. The van der Waals surface area contributed by atoms with Crippen LogP contribution in [0.1, 0.15) is 11.1 Å². The molecule has 4 heteroatoms. The van der Waals surface area contributed by atoms with Crippen molar-refractivity contribution < 1.29 is 4.74 Å². The summed E-state index contributed by atoms with van der Waals surface area (Å²) < 4.78 is 5.56. The summed E-state index contributed by atoms with van der Waals surface area (Å²) in [6, 6.07) is 15.6. The number of benzene rings is 2. The second kappa shape index (κ2) is 4.90. The number of nitrogens with two attached hydrogens (primary N) is 1. The molecule has 2 N–H and O–H groups in total. The fourth-order valence-electron chi connectivity index (χ4n) is 1.44. The zero-order chi connectivity index (χ0) is 13.0. The Bertz CT molecular complexity index is 648. The third-order valence-electron chi connectivity index (χ3n) is 2.35. The molecule has 0 aromatic heterocycles. The highest BCUT2D eigenvalue weighted by Crippen LogP contribution is 2.28. The van der Waals surface area contributed by atoms with Crippen molar-refractivity contribution in [2.75, 3.05) is 5.73 Å². The Kier molecular flexibility index (Phi) is 3.13. The van der Waals surface area contributed by atoms with Crippen LogP contribution in [0.15, 0.2) is 42.5 Å². The molecule has 0 unspecified atom stereocenters. The molecular weight excluding hydrogens is 226 g/mol. The summed E-state index contributed by atoms with van der Waals surface area (Å²) in [4.78, 5) is 0. The maximum atomic E-state index is 8.72. The van der Waals surface area contributed by atoms with E-state index < -0.39 is 0 Å². The van der Waals surface area contributed by atoms with E-state index in [-0.39, 0.29) is 0 Å². The van der Waals surface area contributed by atoms with E-state index in [1.165, 1.54) is 0 Å². The first-order valence-corrected chi connectivity index (χ1v) is 5.20. The van der Waals surface area contributed by atoms with E-state index in [9.17, 15) is 0 Å². The first-order chi connectivity index (χ1) is 8.72. The summed E-state index contributed by atoms with van der Waals surface area (Å²) >= 11 is 0.